The number of aliphatic imine (C=N–C) groups is 1. The normalized spacial score (nSPS) is 23.4. The highest BCUT2D eigenvalue weighted by atomic mass is 32.1. The first-order valence-corrected chi connectivity index (χ1v) is 11.5. The van der Waals surface area contributed by atoms with E-state index in [2.05, 4.69) is 20.2 Å². The van der Waals surface area contributed by atoms with E-state index < -0.39 is 23.6 Å². The molecule has 2 fully saturated rings. The van der Waals surface area contributed by atoms with Gasteiger partial charge in [-0.2, -0.15) is 0 Å². The highest BCUT2D eigenvalue weighted by Crippen LogP contribution is 2.33. The number of aromatic nitrogens is 1. The molecule has 0 bridgehead atoms. The number of carboxylic acids is 1. The molecule has 0 radical (unpaired) electrons. The number of nitrogens with one attached hydrogen (secondary N) is 1. The van der Waals surface area contributed by atoms with Gasteiger partial charge >= 0.3 is 5.97 Å². The molecule has 0 spiro atoms. The van der Waals surface area contributed by atoms with Crippen molar-refractivity contribution in [3.63, 3.8) is 0 Å². The zero-order valence-electron chi connectivity index (χ0n) is 17.5. The minimum Gasteiger partial charge on any atom is -0.478 e. The van der Waals surface area contributed by atoms with Gasteiger partial charge in [0.05, 0.1) is 5.57 Å². The van der Waals surface area contributed by atoms with Crippen LogP contribution in [0.2, 0.25) is 0 Å². The Labute approximate surface area is 192 Å². The van der Waals surface area contributed by atoms with E-state index in [1.807, 2.05) is 4.90 Å². The Morgan fingerprint density at radius 1 is 1.27 bits per heavy atom. The molecule has 2 saturated heterocycles. The highest BCUT2D eigenvalue weighted by molar-refractivity contribution is 7.11. The summed E-state index contributed by atoms with van der Waals surface area (Å²) in [7, 11) is 0. The molecule has 2 aromatic rings. The number of amidine groups is 1. The van der Waals surface area contributed by atoms with Gasteiger partial charge in [0, 0.05) is 55.9 Å². The number of amides is 1. The van der Waals surface area contributed by atoms with E-state index in [-0.39, 0.29) is 23.1 Å². The molecular weight excluding hydrogens is 452 g/mol. The summed E-state index contributed by atoms with van der Waals surface area (Å²) in [6.45, 7) is 2.15. The first kappa shape index (κ1) is 21.7. The number of carbonyl (C=O) groups is 2. The van der Waals surface area contributed by atoms with Gasteiger partial charge in [-0.05, 0) is 24.1 Å². The van der Waals surface area contributed by atoms with Crippen LogP contribution >= 0.6 is 11.3 Å². The zero-order valence-corrected chi connectivity index (χ0v) is 18.3. The fraction of sp³-hybridized carbons (Fsp3) is 0.364. The van der Waals surface area contributed by atoms with E-state index in [9.17, 15) is 23.5 Å². The Morgan fingerprint density at radius 3 is 2.85 bits per heavy atom. The lowest BCUT2D eigenvalue weighted by Crippen LogP contribution is -2.52. The predicted octanol–water partition coefficient (Wildman–Crippen LogP) is 2.16. The van der Waals surface area contributed by atoms with Gasteiger partial charge in [-0.3, -0.25) is 14.7 Å². The summed E-state index contributed by atoms with van der Waals surface area (Å²) < 4.78 is 27.6. The number of rotatable bonds is 5. The third-order valence-electron chi connectivity index (χ3n) is 6.21. The number of hydrogen-bond acceptors (Lipinski definition) is 7. The number of benzene rings is 1. The van der Waals surface area contributed by atoms with Gasteiger partial charge in [0.15, 0.2) is 22.5 Å². The first-order valence-electron chi connectivity index (χ1n) is 10.6. The summed E-state index contributed by atoms with van der Waals surface area (Å²) in [4.78, 5) is 37.1. The van der Waals surface area contributed by atoms with E-state index in [1.165, 1.54) is 17.4 Å². The first-order chi connectivity index (χ1) is 15.9. The summed E-state index contributed by atoms with van der Waals surface area (Å²) in [5.41, 5.74) is 0.645. The zero-order chi connectivity index (χ0) is 23.1. The van der Waals surface area contributed by atoms with Crippen molar-refractivity contribution < 1.29 is 23.5 Å². The topological polar surface area (TPSA) is 98.1 Å². The molecule has 2 atom stereocenters. The van der Waals surface area contributed by atoms with Crippen LogP contribution in [0.25, 0.3) is 0 Å². The standard InChI is InChI=1S/C22H21F2N5O3S/c23-14-3-1-12(9-15(14)24)19-18(22(31)32)16(26-20(27-19)21-25-5-8-33-21)11-28-6-7-29-13(10-28)2-4-17(29)30/h1,3,5,8-9,13,19H,2,4,6-7,10-11H2,(H,26,27)(H,31,32)/t13-,19?/m1/s1. The summed E-state index contributed by atoms with van der Waals surface area (Å²) in [6.07, 6.45) is 2.94. The maximum absolute atomic E-state index is 14.0. The molecule has 1 aromatic carbocycles. The Morgan fingerprint density at radius 2 is 2.12 bits per heavy atom. The second kappa shape index (κ2) is 8.64. The van der Waals surface area contributed by atoms with Crippen molar-refractivity contribution in [3.05, 3.63) is 63.3 Å². The van der Waals surface area contributed by atoms with E-state index in [1.54, 1.807) is 11.6 Å². The van der Waals surface area contributed by atoms with E-state index in [0.717, 1.165) is 18.6 Å². The van der Waals surface area contributed by atoms with Crippen LogP contribution in [-0.2, 0) is 9.59 Å². The SMILES string of the molecule is O=C(O)C1=C(CN2CCN3C(=O)CC[C@@H]3C2)NC(c2nccs2)=NC1c1ccc(F)c(F)c1. The van der Waals surface area contributed by atoms with Crippen LogP contribution in [-0.4, -0.2) is 69.8 Å². The van der Waals surface area contributed by atoms with Gasteiger partial charge in [-0.1, -0.05) is 6.07 Å². The molecular formula is C22H21F2N5O3S. The lowest BCUT2D eigenvalue weighted by molar-refractivity contribution is -0.133. The third-order valence-corrected chi connectivity index (χ3v) is 6.99. The molecule has 8 nitrogen and oxygen atoms in total. The average Bonchev–Trinajstić information content (AvgIpc) is 3.45. The van der Waals surface area contributed by atoms with Crippen molar-refractivity contribution in [2.75, 3.05) is 26.2 Å². The van der Waals surface area contributed by atoms with E-state index >= 15 is 0 Å². The minimum atomic E-state index is -1.19. The molecule has 0 saturated carbocycles. The van der Waals surface area contributed by atoms with Crippen LogP contribution < -0.4 is 5.32 Å². The van der Waals surface area contributed by atoms with Gasteiger partial charge in [0.25, 0.3) is 0 Å². The van der Waals surface area contributed by atoms with Crippen molar-refractivity contribution in [3.8, 4) is 0 Å². The van der Waals surface area contributed by atoms with Crippen LogP contribution in [0.3, 0.4) is 0 Å². The Balaban J connectivity index is 1.51. The lowest BCUT2D eigenvalue weighted by atomic mass is 9.95. The monoisotopic (exact) mass is 473 g/mol. The Hall–Kier alpha value is -3.18. The number of piperazine rings is 1. The molecule has 5 rings (SSSR count). The fourth-order valence-electron chi connectivity index (χ4n) is 4.64. The van der Waals surface area contributed by atoms with Gasteiger partial charge in [-0.25, -0.2) is 18.6 Å². The largest absolute Gasteiger partial charge is 0.478 e. The molecule has 1 amide bonds. The molecule has 4 heterocycles. The van der Waals surface area contributed by atoms with Crippen LogP contribution in [0.4, 0.5) is 8.78 Å². The Bertz CT molecular complexity index is 1170. The number of carboxylic acid groups (broad SMARTS) is 1. The molecule has 172 valence electrons. The molecule has 1 unspecified atom stereocenters. The number of hydrogen-bond donors (Lipinski definition) is 2. The van der Waals surface area contributed by atoms with Gasteiger partial charge in [-0.15, -0.1) is 11.3 Å². The summed E-state index contributed by atoms with van der Waals surface area (Å²) in [5, 5.41) is 15.6. The van der Waals surface area contributed by atoms with Crippen LogP contribution in [0, 0.1) is 11.6 Å². The van der Waals surface area contributed by atoms with E-state index in [4.69, 9.17) is 0 Å². The molecule has 2 N–H and O–H groups in total. The number of nitrogens with zero attached hydrogens (tertiary/aromatic N) is 4. The quantitative estimate of drug-likeness (QED) is 0.691. The Kier molecular flexibility index (Phi) is 5.67. The summed E-state index contributed by atoms with van der Waals surface area (Å²) in [6, 6.07) is 2.40. The second-order valence-corrected chi connectivity index (χ2v) is 9.12. The van der Waals surface area contributed by atoms with Crippen molar-refractivity contribution in [1.82, 2.24) is 20.1 Å². The molecule has 3 aliphatic heterocycles. The predicted molar refractivity (Wildman–Crippen MR) is 117 cm³/mol. The lowest BCUT2D eigenvalue weighted by Gasteiger charge is -2.38. The highest BCUT2D eigenvalue weighted by Gasteiger charge is 2.37. The van der Waals surface area contributed by atoms with E-state index in [0.29, 0.717) is 49.1 Å². The second-order valence-electron chi connectivity index (χ2n) is 8.23. The van der Waals surface area contributed by atoms with Gasteiger partial charge in [0.2, 0.25) is 5.91 Å². The number of fused-ring (bicyclic) bond motifs is 1. The molecule has 3 aliphatic rings. The van der Waals surface area contributed by atoms with Gasteiger partial charge in [0.1, 0.15) is 6.04 Å². The maximum Gasteiger partial charge on any atom is 0.335 e. The maximum atomic E-state index is 14.0. The molecule has 1 aromatic heterocycles. The third kappa shape index (κ3) is 4.13. The summed E-state index contributed by atoms with van der Waals surface area (Å²) in [5.74, 6) is -2.72. The number of carbonyl (C=O) groups excluding carboxylic acids is 1. The number of aliphatic carboxylic acids is 1. The smallest absolute Gasteiger partial charge is 0.335 e. The van der Waals surface area contributed by atoms with Crippen LogP contribution in [0.15, 0.2) is 46.0 Å². The number of halogens is 2. The van der Waals surface area contributed by atoms with Crippen LogP contribution in [0.1, 0.15) is 29.5 Å². The van der Waals surface area contributed by atoms with Crippen molar-refractivity contribution in [1.29, 1.82) is 0 Å². The van der Waals surface area contributed by atoms with Crippen molar-refractivity contribution in [2.45, 2.75) is 24.9 Å². The molecule has 0 aliphatic carbocycles. The minimum absolute atomic E-state index is 0.0220. The van der Waals surface area contributed by atoms with Crippen molar-refractivity contribution in [2.24, 2.45) is 4.99 Å². The average molecular weight is 474 g/mol. The van der Waals surface area contributed by atoms with Crippen LogP contribution in [0.5, 0.6) is 0 Å². The summed E-state index contributed by atoms with van der Waals surface area (Å²) >= 11 is 1.34. The van der Waals surface area contributed by atoms with Gasteiger partial charge < -0.3 is 15.3 Å². The molecule has 33 heavy (non-hydrogen) atoms. The molecule has 11 heteroatoms. The fourth-order valence-corrected chi connectivity index (χ4v) is 5.23. The number of thiazole rings is 1. The van der Waals surface area contributed by atoms with Crippen molar-refractivity contribution >= 4 is 29.0 Å².